The topological polar surface area (TPSA) is 111 Å². The molecule has 2 heterocycles. The molecule has 0 aliphatic rings. The highest BCUT2D eigenvalue weighted by atomic mass is 32.2. The zero-order chi connectivity index (χ0) is 15.5. The predicted molar refractivity (Wildman–Crippen MR) is 79.3 cm³/mol. The molecule has 0 aliphatic heterocycles. The summed E-state index contributed by atoms with van der Waals surface area (Å²) in [6.07, 6.45) is 2.19. The van der Waals surface area contributed by atoms with Gasteiger partial charge in [0.2, 0.25) is 0 Å². The number of aromatic nitrogens is 2. The van der Waals surface area contributed by atoms with Gasteiger partial charge in [0.15, 0.2) is 10.8 Å². The molecule has 0 aliphatic carbocycles. The van der Waals surface area contributed by atoms with Gasteiger partial charge in [0.25, 0.3) is 10.0 Å². The van der Waals surface area contributed by atoms with Crippen LogP contribution >= 0.6 is 0 Å². The minimum Gasteiger partial charge on any atom is -0.385 e. The Kier molecular flexibility index (Phi) is 4.78. The zero-order valence-electron chi connectivity index (χ0n) is 11.9. The maximum absolute atomic E-state index is 12.6. The van der Waals surface area contributed by atoms with Crippen molar-refractivity contribution in [1.29, 1.82) is 0 Å². The van der Waals surface area contributed by atoms with Gasteiger partial charge in [-0.05, 0) is 25.5 Å². The van der Waals surface area contributed by atoms with Crippen LogP contribution in [0.15, 0.2) is 29.4 Å². The second-order valence-electron chi connectivity index (χ2n) is 4.64. The summed E-state index contributed by atoms with van der Waals surface area (Å²) in [5.74, 6) is 5.49. The maximum atomic E-state index is 12.6. The van der Waals surface area contributed by atoms with Gasteiger partial charge in [-0.1, -0.05) is 6.07 Å². The molecular formula is C12H19N5O3S. The van der Waals surface area contributed by atoms with Crippen LogP contribution in [0.1, 0.15) is 13.3 Å². The SMILES string of the molecule is COCCC(C)NS(=O)(=O)c1c(NN)nc2ccccn12. The summed E-state index contributed by atoms with van der Waals surface area (Å²) in [4.78, 5) is 4.15. The van der Waals surface area contributed by atoms with Crippen molar-refractivity contribution in [3.05, 3.63) is 24.4 Å². The van der Waals surface area contributed by atoms with Gasteiger partial charge >= 0.3 is 0 Å². The number of nitrogens with two attached hydrogens (primary N) is 1. The van der Waals surface area contributed by atoms with Crippen LogP contribution in [0.4, 0.5) is 5.82 Å². The summed E-state index contributed by atoms with van der Waals surface area (Å²) in [5, 5.41) is -0.00938. The van der Waals surface area contributed by atoms with Gasteiger partial charge < -0.3 is 10.2 Å². The number of hydrazine groups is 1. The highest BCUT2D eigenvalue weighted by molar-refractivity contribution is 7.89. The van der Waals surface area contributed by atoms with Crippen molar-refractivity contribution in [3.8, 4) is 0 Å². The first-order valence-electron chi connectivity index (χ1n) is 6.44. The van der Waals surface area contributed by atoms with E-state index in [1.165, 1.54) is 4.40 Å². The number of hydrogen-bond acceptors (Lipinski definition) is 6. The van der Waals surface area contributed by atoms with E-state index in [2.05, 4.69) is 15.1 Å². The molecule has 0 fully saturated rings. The first-order valence-corrected chi connectivity index (χ1v) is 7.93. The molecule has 2 rings (SSSR count). The molecule has 0 saturated carbocycles. The average molecular weight is 313 g/mol. The van der Waals surface area contributed by atoms with Gasteiger partial charge in [-0.15, -0.1) is 0 Å². The van der Waals surface area contributed by atoms with Crippen LogP contribution in [0.3, 0.4) is 0 Å². The van der Waals surface area contributed by atoms with Crippen molar-refractivity contribution in [2.24, 2.45) is 5.84 Å². The number of hydrogen-bond donors (Lipinski definition) is 3. The van der Waals surface area contributed by atoms with Gasteiger partial charge in [0, 0.05) is 26.0 Å². The zero-order valence-corrected chi connectivity index (χ0v) is 12.7. The fourth-order valence-electron chi connectivity index (χ4n) is 2.00. The van der Waals surface area contributed by atoms with E-state index in [0.29, 0.717) is 18.7 Å². The quantitative estimate of drug-likeness (QED) is 0.501. The average Bonchev–Trinajstić information content (AvgIpc) is 2.83. The van der Waals surface area contributed by atoms with Crippen molar-refractivity contribution in [2.75, 3.05) is 19.1 Å². The second kappa shape index (κ2) is 6.39. The lowest BCUT2D eigenvalue weighted by atomic mass is 10.3. The lowest BCUT2D eigenvalue weighted by Gasteiger charge is -2.14. The molecule has 0 aromatic carbocycles. The standard InChI is InChI=1S/C12H19N5O3S/c1-9(6-8-20-2)16-21(18,19)12-11(15-13)14-10-5-3-4-7-17(10)12/h3-5,7,9,15-16H,6,8,13H2,1-2H3. The van der Waals surface area contributed by atoms with E-state index in [1.54, 1.807) is 38.4 Å². The normalized spacial score (nSPS) is 13.5. The smallest absolute Gasteiger partial charge is 0.260 e. The Balaban J connectivity index is 2.39. The summed E-state index contributed by atoms with van der Waals surface area (Å²) in [6, 6.07) is 4.93. The van der Waals surface area contributed by atoms with Crippen LogP contribution in [0.5, 0.6) is 0 Å². The molecule has 0 saturated heterocycles. The first kappa shape index (κ1) is 15.7. The summed E-state index contributed by atoms with van der Waals surface area (Å²) >= 11 is 0. The fraction of sp³-hybridized carbons (Fsp3) is 0.417. The number of pyridine rings is 1. The van der Waals surface area contributed by atoms with Crippen molar-refractivity contribution >= 4 is 21.5 Å². The Morgan fingerprint density at radius 1 is 1.48 bits per heavy atom. The highest BCUT2D eigenvalue weighted by Crippen LogP contribution is 2.22. The fourth-order valence-corrected chi connectivity index (χ4v) is 3.53. The third-order valence-corrected chi connectivity index (χ3v) is 4.60. The molecule has 1 atom stereocenters. The van der Waals surface area contributed by atoms with Gasteiger partial charge in [0.05, 0.1) is 0 Å². The van der Waals surface area contributed by atoms with E-state index in [0.717, 1.165) is 0 Å². The molecule has 0 radical (unpaired) electrons. The Morgan fingerprint density at radius 3 is 2.90 bits per heavy atom. The third kappa shape index (κ3) is 3.32. The molecule has 0 bridgehead atoms. The van der Waals surface area contributed by atoms with E-state index >= 15 is 0 Å². The van der Waals surface area contributed by atoms with Crippen LogP contribution in [0, 0.1) is 0 Å². The molecule has 0 amide bonds. The maximum Gasteiger partial charge on any atom is 0.260 e. The number of fused-ring (bicyclic) bond motifs is 1. The van der Waals surface area contributed by atoms with E-state index in [4.69, 9.17) is 10.6 Å². The van der Waals surface area contributed by atoms with E-state index in [-0.39, 0.29) is 16.9 Å². The number of nitrogens with one attached hydrogen (secondary N) is 2. The summed E-state index contributed by atoms with van der Waals surface area (Å²) in [5.41, 5.74) is 2.83. The molecule has 4 N–H and O–H groups in total. The lowest BCUT2D eigenvalue weighted by Crippen LogP contribution is -2.34. The van der Waals surface area contributed by atoms with Crippen molar-refractivity contribution < 1.29 is 13.2 Å². The molecule has 2 aromatic rings. The number of methoxy groups -OCH3 is 1. The number of nitrogens with zero attached hydrogens (tertiary/aromatic N) is 2. The van der Waals surface area contributed by atoms with Crippen LogP contribution in [0.2, 0.25) is 0 Å². The second-order valence-corrected chi connectivity index (χ2v) is 6.27. The Bertz CT molecular complexity index is 713. The molecular weight excluding hydrogens is 294 g/mol. The summed E-state index contributed by atoms with van der Waals surface area (Å²) < 4.78 is 34.1. The molecule has 21 heavy (non-hydrogen) atoms. The third-order valence-electron chi connectivity index (χ3n) is 2.99. The highest BCUT2D eigenvalue weighted by Gasteiger charge is 2.26. The summed E-state index contributed by atoms with van der Waals surface area (Å²) in [6.45, 7) is 2.24. The molecule has 116 valence electrons. The lowest BCUT2D eigenvalue weighted by molar-refractivity contribution is 0.188. The molecule has 1 unspecified atom stereocenters. The van der Waals surface area contributed by atoms with Crippen LogP contribution in [-0.4, -0.2) is 37.6 Å². The van der Waals surface area contributed by atoms with Crippen molar-refractivity contribution in [3.63, 3.8) is 0 Å². The van der Waals surface area contributed by atoms with Gasteiger partial charge in [-0.2, -0.15) is 0 Å². The molecule has 2 aromatic heterocycles. The number of sulfonamides is 1. The van der Waals surface area contributed by atoms with Crippen molar-refractivity contribution in [1.82, 2.24) is 14.1 Å². The van der Waals surface area contributed by atoms with E-state index in [1.807, 2.05) is 0 Å². The largest absolute Gasteiger partial charge is 0.385 e. The van der Waals surface area contributed by atoms with Gasteiger partial charge in [-0.3, -0.25) is 4.40 Å². The monoisotopic (exact) mass is 313 g/mol. The van der Waals surface area contributed by atoms with Crippen LogP contribution in [-0.2, 0) is 14.8 Å². The number of anilines is 1. The minimum absolute atomic E-state index is 0.00938. The van der Waals surface area contributed by atoms with Gasteiger partial charge in [-0.25, -0.2) is 24.0 Å². The van der Waals surface area contributed by atoms with Crippen LogP contribution in [0.25, 0.3) is 5.65 Å². The minimum atomic E-state index is -3.76. The van der Waals surface area contributed by atoms with E-state index in [9.17, 15) is 8.42 Å². The number of ether oxygens (including phenoxy) is 1. The Hall–Kier alpha value is -1.68. The number of nitrogen functional groups attached to an aromatic ring is 1. The summed E-state index contributed by atoms with van der Waals surface area (Å²) in [7, 11) is -2.19. The first-order chi connectivity index (χ1) is 9.99. The molecule has 8 nitrogen and oxygen atoms in total. The number of imidazole rings is 1. The Labute approximate surface area is 123 Å². The molecule has 9 heteroatoms. The predicted octanol–water partition coefficient (Wildman–Crippen LogP) is 0.323. The molecule has 0 spiro atoms. The van der Waals surface area contributed by atoms with Crippen LogP contribution < -0.4 is 16.0 Å². The van der Waals surface area contributed by atoms with E-state index < -0.39 is 10.0 Å². The van der Waals surface area contributed by atoms with Gasteiger partial charge in [0.1, 0.15) is 5.65 Å². The number of rotatable bonds is 7. The Morgan fingerprint density at radius 2 is 2.24 bits per heavy atom. The van der Waals surface area contributed by atoms with Crippen molar-refractivity contribution in [2.45, 2.75) is 24.4 Å².